The first kappa shape index (κ1) is 9.22. The molecule has 2 rings (SSSR count). The lowest BCUT2D eigenvalue weighted by molar-refractivity contribution is 0.0679. The van der Waals surface area contributed by atoms with Crippen LogP contribution in [0.15, 0.2) is 11.6 Å². The van der Waals surface area contributed by atoms with Gasteiger partial charge in [-0.25, -0.2) is 0 Å². The first-order chi connectivity index (χ1) is 6.27. The van der Waals surface area contributed by atoms with Gasteiger partial charge in [0.25, 0.3) is 0 Å². The Balaban J connectivity index is 2.17. The van der Waals surface area contributed by atoms with Gasteiger partial charge in [-0.3, -0.25) is 0 Å². The molecule has 2 aliphatic carbocycles. The van der Waals surface area contributed by atoms with Crippen LogP contribution < -0.4 is 5.73 Å². The van der Waals surface area contributed by atoms with Gasteiger partial charge in [0.15, 0.2) is 0 Å². The zero-order chi connectivity index (χ0) is 9.31. The molecule has 2 heteroatoms. The summed E-state index contributed by atoms with van der Waals surface area (Å²) in [6, 6.07) is 0. The summed E-state index contributed by atoms with van der Waals surface area (Å²) in [5.74, 6) is 0. The molecule has 13 heavy (non-hydrogen) atoms. The molecular formula is C11H19NO. The highest BCUT2D eigenvalue weighted by molar-refractivity contribution is 5.27. The second-order valence-electron chi connectivity index (χ2n) is 4.28. The highest BCUT2D eigenvalue weighted by Crippen LogP contribution is 2.39. The van der Waals surface area contributed by atoms with Gasteiger partial charge in [0.1, 0.15) is 0 Å². The quantitative estimate of drug-likeness (QED) is 0.661. The lowest BCUT2D eigenvalue weighted by Crippen LogP contribution is -2.49. The van der Waals surface area contributed by atoms with E-state index in [1.165, 1.54) is 31.3 Å². The Morgan fingerprint density at radius 2 is 2.38 bits per heavy atom. The molecule has 2 N–H and O–H groups in total. The van der Waals surface area contributed by atoms with E-state index in [1.54, 1.807) is 7.11 Å². The van der Waals surface area contributed by atoms with E-state index in [4.69, 9.17) is 10.5 Å². The molecule has 1 fully saturated rings. The number of allylic oxidation sites excluding steroid dienone is 1. The Morgan fingerprint density at radius 1 is 1.54 bits per heavy atom. The van der Waals surface area contributed by atoms with E-state index in [2.05, 4.69) is 6.08 Å². The van der Waals surface area contributed by atoms with Gasteiger partial charge >= 0.3 is 0 Å². The van der Waals surface area contributed by atoms with Gasteiger partial charge in [-0.2, -0.15) is 0 Å². The molecule has 1 saturated carbocycles. The Hall–Kier alpha value is -0.340. The molecule has 0 radical (unpaired) electrons. The minimum atomic E-state index is -0.120. The maximum absolute atomic E-state index is 6.43. The molecule has 2 unspecified atom stereocenters. The van der Waals surface area contributed by atoms with Crippen molar-refractivity contribution < 1.29 is 4.74 Å². The Kier molecular flexibility index (Phi) is 2.43. The van der Waals surface area contributed by atoms with Crippen LogP contribution in [0.5, 0.6) is 0 Å². The predicted molar refractivity (Wildman–Crippen MR) is 53.5 cm³/mol. The highest BCUT2D eigenvalue weighted by atomic mass is 16.5. The van der Waals surface area contributed by atoms with Gasteiger partial charge in [-0.1, -0.05) is 11.6 Å². The first-order valence-electron chi connectivity index (χ1n) is 5.28. The summed E-state index contributed by atoms with van der Waals surface area (Å²) < 4.78 is 5.47. The van der Waals surface area contributed by atoms with Gasteiger partial charge in [0, 0.05) is 7.11 Å². The van der Waals surface area contributed by atoms with Crippen molar-refractivity contribution in [3.05, 3.63) is 11.6 Å². The van der Waals surface area contributed by atoms with Crippen molar-refractivity contribution in [2.24, 2.45) is 5.73 Å². The second kappa shape index (κ2) is 3.43. The molecule has 0 aromatic carbocycles. The summed E-state index contributed by atoms with van der Waals surface area (Å²) in [6.07, 6.45) is 9.73. The van der Waals surface area contributed by atoms with Crippen molar-refractivity contribution in [3.8, 4) is 0 Å². The zero-order valence-corrected chi connectivity index (χ0v) is 8.38. The Morgan fingerprint density at radius 3 is 3.00 bits per heavy atom. The van der Waals surface area contributed by atoms with Gasteiger partial charge in [-0.15, -0.1) is 0 Å². The van der Waals surface area contributed by atoms with E-state index in [9.17, 15) is 0 Å². The number of methoxy groups -OCH3 is 1. The van der Waals surface area contributed by atoms with Crippen molar-refractivity contribution in [2.45, 2.75) is 50.2 Å². The molecule has 0 amide bonds. The largest absolute Gasteiger partial charge is 0.379 e. The third-order valence-corrected chi connectivity index (χ3v) is 3.55. The minimum Gasteiger partial charge on any atom is -0.379 e. The van der Waals surface area contributed by atoms with Crippen LogP contribution in [0.3, 0.4) is 0 Å². The van der Waals surface area contributed by atoms with Gasteiger partial charge in [0.05, 0.1) is 11.6 Å². The van der Waals surface area contributed by atoms with Crippen LogP contribution in [0, 0.1) is 0 Å². The van der Waals surface area contributed by atoms with Crippen LogP contribution in [0.25, 0.3) is 0 Å². The fourth-order valence-electron chi connectivity index (χ4n) is 2.79. The van der Waals surface area contributed by atoms with Crippen molar-refractivity contribution in [2.75, 3.05) is 7.11 Å². The van der Waals surface area contributed by atoms with E-state index in [1.807, 2.05) is 0 Å². The van der Waals surface area contributed by atoms with E-state index in [-0.39, 0.29) is 11.6 Å². The standard InChI is InChI=1S/C11H19NO/c1-13-10-7-4-8-11(10,12)9-5-2-3-6-9/h5,10H,2-4,6-8,12H2,1H3. The van der Waals surface area contributed by atoms with Crippen LogP contribution in [0.4, 0.5) is 0 Å². The number of ether oxygens (including phenoxy) is 1. The molecule has 0 aromatic heterocycles. The van der Waals surface area contributed by atoms with Crippen molar-refractivity contribution >= 4 is 0 Å². The molecule has 0 heterocycles. The summed E-state index contributed by atoms with van der Waals surface area (Å²) in [5.41, 5.74) is 7.76. The molecule has 2 nitrogen and oxygen atoms in total. The Labute approximate surface area is 80.1 Å². The molecular weight excluding hydrogens is 162 g/mol. The number of hydrogen-bond acceptors (Lipinski definition) is 2. The molecule has 0 aromatic rings. The number of nitrogens with two attached hydrogens (primary N) is 1. The van der Waals surface area contributed by atoms with Gasteiger partial charge in [-0.05, 0) is 38.5 Å². The van der Waals surface area contributed by atoms with Crippen molar-refractivity contribution in [1.82, 2.24) is 0 Å². The SMILES string of the molecule is COC1CCCC1(N)C1=CCCC1. The van der Waals surface area contributed by atoms with Crippen LogP contribution in [0.2, 0.25) is 0 Å². The average Bonchev–Trinajstić information content (AvgIpc) is 2.72. The average molecular weight is 181 g/mol. The Bertz CT molecular complexity index is 224. The maximum Gasteiger partial charge on any atom is 0.0789 e. The van der Waals surface area contributed by atoms with Gasteiger partial charge < -0.3 is 10.5 Å². The molecule has 0 bridgehead atoms. The fraction of sp³-hybridized carbons (Fsp3) is 0.818. The first-order valence-corrected chi connectivity index (χ1v) is 5.28. The predicted octanol–water partition coefficient (Wildman–Crippen LogP) is 1.99. The van der Waals surface area contributed by atoms with Crippen LogP contribution in [0.1, 0.15) is 38.5 Å². The molecule has 0 spiro atoms. The van der Waals surface area contributed by atoms with Crippen LogP contribution in [-0.4, -0.2) is 18.8 Å². The van der Waals surface area contributed by atoms with E-state index >= 15 is 0 Å². The third-order valence-electron chi connectivity index (χ3n) is 3.55. The van der Waals surface area contributed by atoms with E-state index in [0.29, 0.717) is 0 Å². The molecule has 74 valence electrons. The molecule has 2 aliphatic rings. The molecule has 2 atom stereocenters. The number of rotatable bonds is 2. The maximum atomic E-state index is 6.43. The smallest absolute Gasteiger partial charge is 0.0789 e. The monoisotopic (exact) mass is 181 g/mol. The van der Waals surface area contributed by atoms with Crippen molar-refractivity contribution in [3.63, 3.8) is 0 Å². The molecule has 0 saturated heterocycles. The summed E-state index contributed by atoms with van der Waals surface area (Å²) in [4.78, 5) is 0. The summed E-state index contributed by atoms with van der Waals surface area (Å²) in [7, 11) is 1.78. The third kappa shape index (κ3) is 1.42. The normalized spacial score (nSPS) is 39.5. The minimum absolute atomic E-state index is 0.120. The second-order valence-corrected chi connectivity index (χ2v) is 4.28. The fourth-order valence-corrected chi connectivity index (χ4v) is 2.79. The summed E-state index contributed by atoms with van der Waals surface area (Å²) in [6.45, 7) is 0. The zero-order valence-electron chi connectivity index (χ0n) is 8.38. The highest BCUT2D eigenvalue weighted by Gasteiger charge is 2.42. The lowest BCUT2D eigenvalue weighted by atomic mass is 9.86. The lowest BCUT2D eigenvalue weighted by Gasteiger charge is -2.32. The van der Waals surface area contributed by atoms with Crippen molar-refractivity contribution in [1.29, 1.82) is 0 Å². The van der Waals surface area contributed by atoms with Gasteiger partial charge in [0.2, 0.25) is 0 Å². The summed E-state index contributed by atoms with van der Waals surface area (Å²) >= 11 is 0. The molecule has 0 aliphatic heterocycles. The van der Waals surface area contributed by atoms with E-state index in [0.717, 1.165) is 12.8 Å². The van der Waals surface area contributed by atoms with Crippen LogP contribution in [-0.2, 0) is 4.74 Å². The number of hydrogen-bond donors (Lipinski definition) is 1. The van der Waals surface area contributed by atoms with Crippen LogP contribution >= 0.6 is 0 Å². The van der Waals surface area contributed by atoms with E-state index < -0.39 is 0 Å². The topological polar surface area (TPSA) is 35.2 Å². The summed E-state index contributed by atoms with van der Waals surface area (Å²) in [5, 5.41) is 0.